The Balaban J connectivity index is 1.99. The topological polar surface area (TPSA) is 55.4 Å². The predicted molar refractivity (Wildman–Crippen MR) is 80.6 cm³/mol. The Hall–Kier alpha value is -1.91. The molecule has 0 saturated heterocycles. The number of halogens is 1. The molecule has 1 N–H and O–H groups in total. The average molecular weight is 307 g/mol. The normalized spacial score (nSPS) is 16.8. The zero-order valence-corrected chi connectivity index (χ0v) is 12.8. The van der Waals surface area contributed by atoms with E-state index in [1.807, 2.05) is 0 Å². The molecule has 0 aromatic heterocycles. The molecule has 4 nitrogen and oxygen atoms in total. The van der Waals surface area contributed by atoms with Crippen molar-refractivity contribution in [2.24, 2.45) is 5.92 Å². The molecule has 0 bridgehead atoms. The van der Waals surface area contributed by atoms with Gasteiger partial charge in [0.25, 0.3) is 0 Å². The fourth-order valence-corrected chi connectivity index (χ4v) is 3.02. The van der Waals surface area contributed by atoms with Crippen LogP contribution in [0.1, 0.15) is 37.7 Å². The van der Waals surface area contributed by atoms with Crippen molar-refractivity contribution in [3.8, 4) is 0 Å². The first-order valence-corrected chi connectivity index (χ1v) is 7.72. The Bertz CT molecular complexity index is 526. The molecule has 0 radical (unpaired) electrons. The van der Waals surface area contributed by atoms with Gasteiger partial charge in [0.1, 0.15) is 11.9 Å². The molecule has 1 aromatic carbocycles. The summed E-state index contributed by atoms with van der Waals surface area (Å²) < 4.78 is 18.0. The van der Waals surface area contributed by atoms with Crippen molar-refractivity contribution in [1.82, 2.24) is 5.32 Å². The summed E-state index contributed by atoms with van der Waals surface area (Å²) >= 11 is 0. The van der Waals surface area contributed by atoms with Gasteiger partial charge in [-0.25, -0.2) is 9.18 Å². The second-order valence-electron chi connectivity index (χ2n) is 5.77. The SMILES string of the molecule is COC(=O)[C@H](NC(=O)Cc1cccc(F)c1)C1CCCCC1. The lowest BCUT2D eigenvalue weighted by Crippen LogP contribution is -2.47. The number of hydrogen-bond acceptors (Lipinski definition) is 3. The van der Waals surface area contributed by atoms with Crippen molar-refractivity contribution >= 4 is 11.9 Å². The Morgan fingerprint density at radius 2 is 2.05 bits per heavy atom. The molecular formula is C17H22FNO3. The fraction of sp³-hybridized carbons (Fsp3) is 0.529. The lowest BCUT2D eigenvalue weighted by atomic mass is 9.83. The molecule has 1 aliphatic carbocycles. The molecule has 2 rings (SSSR count). The summed E-state index contributed by atoms with van der Waals surface area (Å²) in [5.74, 6) is -0.939. The van der Waals surface area contributed by atoms with Crippen LogP contribution in [0.15, 0.2) is 24.3 Å². The van der Waals surface area contributed by atoms with Crippen LogP contribution in [0.5, 0.6) is 0 Å². The van der Waals surface area contributed by atoms with Crippen LogP contribution in [0.25, 0.3) is 0 Å². The minimum atomic E-state index is -0.605. The molecule has 1 aromatic rings. The van der Waals surface area contributed by atoms with Crippen LogP contribution in [0.4, 0.5) is 4.39 Å². The summed E-state index contributed by atoms with van der Waals surface area (Å²) in [5, 5.41) is 2.77. The van der Waals surface area contributed by atoms with Crippen molar-refractivity contribution in [3.05, 3.63) is 35.6 Å². The number of amides is 1. The van der Waals surface area contributed by atoms with Crippen molar-refractivity contribution in [3.63, 3.8) is 0 Å². The first kappa shape index (κ1) is 16.5. The van der Waals surface area contributed by atoms with Crippen molar-refractivity contribution < 1.29 is 18.7 Å². The smallest absolute Gasteiger partial charge is 0.328 e. The first-order chi connectivity index (χ1) is 10.6. The van der Waals surface area contributed by atoms with E-state index in [9.17, 15) is 14.0 Å². The quantitative estimate of drug-likeness (QED) is 0.851. The van der Waals surface area contributed by atoms with Gasteiger partial charge in [-0.1, -0.05) is 31.4 Å². The van der Waals surface area contributed by atoms with E-state index in [0.717, 1.165) is 25.7 Å². The van der Waals surface area contributed by atoms with E-state index in [1.54, 1.807) is 12.1 Å². The molecule has 0 spiro atoms. The van der Waals surface area contributed by atoms with Gasteiger partial charge in [0, 0.05) is 0 Å². The average Bonchev–Trinajstić information content (AvgIpc) is 2.53. The van der Waals surface area contributed by atoms with Gasteiger partial charge in [-0.05, 0) is 36.5 Å². The van der Waals surface area contributed by atoms with Gasteiger partial charge in [0.15, 0.2) is 0 Å². The molecule has 0 unspecified atom stereocenters. The summed E-state index contributed by atoms with van der Waals surface area (Å²) in [5.41, 5.74) is 0.588. The maximum atomic E-state index is 13.1. The van der Waals surface area contributed by atoms with Crippen LogP contribution < -0.4 is 5.32 Å². The van der Waals surface area contributed by atoms with Gasteiger partial charge >= 0.3 is 5.97 Å². The highest BCUT2D eigenvalue weighted by Gasteiger charge is 2.31. The largest absolute Gasteiger partial charge is 0.467 e. The van der Waals surface area contributed by atoms with E-state index in [4.69, 9.17) is 4.74 Å². The number of hydrogen-bond donors (Lipinski definition) is 1. The van der Waals surface area contributed by atoms with Crippen molar-refractivity contribution in [2.45, 2.75) is 44.6 Å². The molecule has 1 saturated carbocycles. The third-order valence-electron chi connectivity index (χ3n) is 4.15. The van der Waals surface area contributed by atoms with E-state index in [1.165, 1.54) is 25.7 Å². The molecule has 0 aliphatic heterocycles. The van der Waals surface area contributed by atoms with E-state index in [-0.39, 0.29) is 24.1 Å². The highest BCUT2D eigenvalue weighted by Crippen LogP contribution is 2.27. The molecular weight excluding hydrogens is 285 g/mol. The molecule has 22 heavy (non-hydrogen) atoms. The lowest BCUT2D eigenvalue weighted by molar-refractivity contribution is -0.147. The molecule has 1 atom stereocenters. The first-order valence-electron chi connectivity index (χ1n) is 7.72. The number of benzene rings is 1. The van der Waals surface area contributed by atoms with E-state index in [2.05, 4.69) is 5.32 Å². The highest BCUT2D eigenvalue weighted by molar-refractivity contribution is 5.85. The Labute approximate surface area is 130 Å². The third-order valence-corrected chi connectivity index (χ3v) is 4.15. The second-order valence-corrected chi connectivity index (χ2v) is 5.77. The number of nitrogens with one attached hydrogen (secondary N) is 1. The van der Waals surface area contributed by atoms with Gasteiger partial charge < -0.3 is 10.1 Å². The Morgan fingerprint density at radius 3 is 2.68 bits per heavy atom. The van der Waals surface area contributed by atoms with Crippen LogP contribution in [0.3, 0.4) is 0 Å². The van der Waals surface area contributed by atoms with Crippen LogP contribution in [0.2, 0.25) is 0 Å². The zero-order chi connectivity index (χ0) is 15.9. The number of carbonyl (C=O) groups is 2. The van der Waals surface area contributed by atoms with Crippen LogP contribution in [-0.2, 0) is 20.7 Å². The second kappa shape index (κ2) is 7.92. The van der Waals surface area contributed by atoms with Crippen molar-refractivity contribution in [2.75, 3.05) is 7.11 Å². The maximum absolute atomic E-state index is 13.1. The molecule has 5 heteroatoms. The highest BCUT2D eigenvalue weighted by atomic mass is 19.1. The van der Waals surface area contributed by atoms with Crippen LogP contribution >= 0.6 is 0 Å². The third kappa shape index (κ3) is 4.55. The minimum absolute atomic E-state index is 0.0535. The number of carbonyl (C=O) groups excluding carboxylic acids is 2. The molecule has 1 aliphatic rings. The fourth-order valence-electron chi connectivity index (χ4n) is 3.02. The van der Waals surface area contributed by atoms with E-state index in [0.29, 0.717) is 5.56 Å². The van der Waals surface area contributed by atoms with E-state index < -0.39 is 12.0 Å². The van der Waals surface area contributed by atoms with E-state index >= 15 is 0 Å². The molecule has 1 amide bonds. The van der Waals surface area contributed by atoms with Gasteiger partial charge in [-0.15, -0.1) is 0 Å². The predicted octanol–water partition coefficient (Wildman–Crippen LogP) is 2.61. The Kier molecular flexibility index (Phi) is 5.92. The summed E-state index contributed by atoms with van der Waals surface area (Å²) in [6.45, 7) is 0. The van der Waals surface area contributed by atoms with Crippen LogP contribution in [-0.4, -0.2) is 25.0 Å². The zero-order valence-electron chi connectivity index (χ0n) is 12.8. The maximum Gasteiger partial charge on any atom is 0.328 e. The van der Waals surface area contributed by atoms with Gasteiger partial charge in [0.2, 0.25) is 5.91 Å². The minimum Gasteiger partial charge on any atom is -0.467 e. The molecule has 120 valence electrons. The van der Waals surface area contributed by atoms with Crippen molar-refractivity contribution in [1.29, 1.82) is 0 Å². The van der Waals surface area contributed by atoms with Crippen LogP contribution in [0, 0.1) is 11.7 Å². The van der Waals surface area contributed by atoms with Gasteiger partial charge in [0.05, 0.1) is 13.5 Å². The number of esters is 1. The molecule has 1 fully saturated rings. The van der Waals surface area contributed by atoms with Gasteiger partial charge in [-0.2, -0.15) is 0 Å². The summed E-state index contributed by atoms with van der Waals surface area (Å²) in [4.78, 5) is 24.1. The summed E-state index contributed by atoms with van der Waals surface area (Å²) in [6, 6.07) is 5.31. The Morgan fingerprint density at radius 1 is 1.32 bits per heavy atom. The summed E-state index contributed by atoms with van der Waals surface area (Å²) in [7, 11) is 1.33. The number of rotatable bonds is 5. The standard InChI is InChI=1S/C17H22FNO3/c1-22-17(21)16(13-7-3-2-4-8-13)19-15(20)11-12-6-5-9-14(18)10-12/h5-6,9-10,13,16H,2-4,7-8,11H2,1H3,(H,19,20)/t16-/m1/s1. The number of methoxy groups -OCH3 is 1. The lowest BCUT2D eigenvalue weighted by Gasteiger charge is -2.29. The molecule has 0 heterocycles. The monoisotopic (exact) mass is 307 g/mol. The number of ether oxygens (including phenoxy) is 1. The van der Waals surface area contributed by atoms with Gasteiger partial charge in [-0.3, -0.25) is 4.79 Å². The summed E-state index contributed by atoms with van der Waals surface area (Å²) in [6.07, 6.45) is 5.19.